The first-order valence-electron chi connectivity index (χ1n) is 9.47. The van der Waals surface area contributed by atoms with Crippen LogP contribution < -0.4 is 10.6 Å². The number of pyridine rings is 1. The number of aromatic nitrogens is 3. The highest BCUT2D eigenvalue weighted by Crippen LogP contribution is 2.40. The Morgan fingerprint density at radius 1 is 1.17 bits per heavy atom. The lowest BCUT2D eigenvalue weighted by molar-refractivity contribution is -0.118. The lowest BCUT2D eigenvalue weighted by atomic mass is 10.0. The number of hydrogen-bond acceptors (Lipinski definition) is 6. The van der Waals surface area contributed by atoms with E-state index in [2.05, 4.69) is 31.7 Å². The second-order valence-corrected chi connectivity index (χ2v) is 7.88. The molecule has 1 amide bonds. The van der Waals surface area contributed by atoms with E-state index >= 15 is 0 Å². The van der Waals surface area contributed by atoms with Crippen molar-refractivity contribution >= 4 is 33.3 Å². The first kappa shape index (κ1) is 19.9. The van der Waals surface area contributed by atoms with E-state index < -0.39 is 5.82 Å². The van der Waals surface area contributed by atoms with Crippen molar-refractivity contribution in [3.05, 3.63) is 60.3 Å². The van der Waals surface area contributed by atoms with Gasteiger partial charge in [-0.25, -0.2) is 14.4 Å². The van der Waals surface area contributed by atoms with E-state index in [0.29, 0.717) is 19.0 Å². The van der Waals surface area contributed by atoms with E-state index in [0.717, 1.165) is 31.7 Å². The topological polar surface area (TPSA) is 79.8 Å². The van der Waals surface area contributed by atoms with Crippen LogP contribution in [0, 0.1) is 12.7 Å². The third-order valence-electron chi connectivity index (χ3n) is 4.61. The zero-order valence-corrected chi connectivity index (χ0v) is 17.4. The number of aryl methyl sites for hydroxylation is 1. The van der Waals surface area contributed by atoms with Gasteiger partial charge in [-0.15, -0.1) is 11.3 Å². The molecule has 0 radical (unpaired) electrons. The van der Waals surface area contributed by atoms with Crippen LogP contribution in [0.15, 0.2) is 48.9 Å². The van der Waals surface area contributed by atoms with Gasteiger partial charge in [0.2, 0.25) is 11.9 Å². The summed E-state index contributed by atoms with van der Waals surface area (Å²) in [4.78, 5) is 24.2. The number of carbonyl (C=O) groups is 1. The molecular weight excluding hydrogens is 401 g/mol. The zero-order chi connectivity index (χ0) is 21.1. The predicted octanol–water partition coefficient (Wildman–Crippen LogP) is 4.42. The molecule has 3 heterocycles. The molecule has 4 rings (SSSR count). The summed E-state index contributed by atoms with van der Waals surface area (Å²) in [6.07, 6.45) is 4.78. The molecule has 0 unspecified atom stereocenters. The summed E-state index contributed by atoms with van der Waals surface area (Å²) in [5.41, 5.74) is 3.53. The van der Waals surface area contributed by atoms with E-state index in [1.807, 2.05) is 37.4 Å². The molecule has 1 aromatic carbocycles. The van der Waals surface area contributed by atoms with Crippen molar-refractivity contribution in [2.45, 2.75) is 13.8 Å². The smallest absolute Gasteiger partial charge is 0.223 e. The van der Waals surface area contributed by atoms with Crippen molar-refractivity contribution in [2.24, 2.45) is 0 Å². The van der Waals surface area contributed by atoms with Crippen LogP contribution in [0.2, 0.25) is 0 Å². The molecule has 0 aliphatic carbocycles. The van der Waals surface area contributed by atoms with E-state index in [-0.39, 0.29) is 11.6 Å². The highest BCUT2D eigenvalue weighted by atomic mass is 32.1. The summed E-state index contributed by atoms with van der Waals surface area (Å²) in [6.45, 7) is 4.36. The Morgan fingerprint density at radius 2 is 2.03 bits per heavy atom. The van der Waals surface area contributed by atoms with Gasteiger partial charge in [0.1, 0.15) is 5.69 Å². The van der Waals surface area contributed by atoms with Gasteiger partial charge >= 0.3 is 0 Å². The maximum Gasteiger partial charge on any atom is 0.223 e. The first-order chi connectivity index (χ1) is 14.5. The van der Waals surface area contributed by atoms with E-state index in [9.17, 15) is 9.18 Å². The number of fused-ring (bicyclic) bond motifs is 1. The molecule has 0 saturated carbocycles. The van der Waals surface area contributed by atoms with Crippen LogP contribution in [0.4, 0.5) is 10.3 Å². The second kappa shape index (κ2) is 8.54. The van der Waals surface area contributed by atoms with Crippen LogP contribution in [0.1, 0.15) is 12.5 Å². The van der Waals surface area contributed by atoms with Crippen molar-refractivity contribution < 1.29 is 9.18 Å². The van der Waals surface area contributed by atoms with Gasteiger partial charge in [-0.2, -0.15) is 0 Å². The number of halogens is 1. The highest BCUT2D eigenvalue weighted by Gasteiger charge is 2.15. The molecule has 6 nitrogen and oxygen atoms in total. The fourth-order valence-corrected chi connectivity index (χ4v) is 4.38. The van der Waals surface area contributed by atoms with Crippen molar-refractivity contribution in [1.29, 1.82) is 0 Å². The van der Waals surface area contributed by atoms with Gasteiger partial charge in [0.15, 0.2) is 5.82 Å². The van der Waals surface area contributed by atoms with Crippen molar-refractivity contribution in [3.8, 4) is 21.7 Å². The Labute approximate surface area is 177 Å². The van der Waals surface area contributed by atoms with Gasteiger partial charge in [0.25, 0.3) is 0 Å². The Kier molecular flexibility index (Phi) is 5.67. The van der Waals surface area contributed by atoms with Crippen LogP contribution in [0.25, 0.3) is 31.8 Å². The molecule has 0 bridgehead atoms. The number of nitrogens with zero attached hydrogens (tertiary/aromatic N) is 3. The molecular formula is C22H20FN5OS. The average molecular weight is 422 g/mol. The Bertz CT molecular complexity index is 1220. The average Bonchev–Trinajstić information content (AvgIpc) is 3.17. The first-order valence-corrected chi connectivity index (χ1v) is 10.3. The maximum absolute atomic E-state index is 14.6. The Morgan fingerprint density at radius 3 is 2.83 bits per heavy atom. The van der Waals surface area contributed by atoms with Crippen molar-refractivity contribution in [1.82, 2.24) is 20.3 Å². The normalized spacial score (nSPS) is 10.9. The van der Waals surface area contributed by atoms with Gasteiger partial charge in [0, 0.05) is 37.1 Å². The summed E-state index contributed by atoms with van der Waals surface area (Å²) in [5.74, 6) is -0.266. The minimum atomic E-state index is -0.476. The van der Waals surface area contributed by atoms with Crippen LogP contribution in [-0.4, -0.2) is 33.9 Å². The SMILES string of the molecule is CC(=O)NCCNc1ncc(F)c(-c2cc3cccc(-c4ccncc4C)c3s2)n1. The minimum absolute atomic E-state index is 0.108. The summed E-state index contributed by atoms with van der Waals surface area (Å²) in [7, 11) is 0. The molecule has 0 aliphatic heterocycles. The molecule has 4 aromatic rings. The number of rotatable bonds is 6. The molecule has 2 N–H and O–H groups in total. The van der Waals surface area contributed by atoms with Crippen LogP contribution in [0.3, 0.4) is 0 Å². The second-order valence-electron chi connectivity index (χ2n) is 6.83. The largest absolute Gasteiger partial charge is 0.355 e. The number of nitrogens with one attached hydrogen (secondary N) is 2. The van der Waals surface area contributed by atoms with Gasteiger partial charge in [0.05, 0.1) is 11.1 Å². The van der Waals surface area contributed by atoms with Gasteiger partial charge in [-0.05, 0) is 41.1 Å². The molecule has 0 fully saturated rings. The Balaban J connectivity index is 1.68. The third-order valence-corrected chi connectivity index (χ3v) is 5.80. The number of amides is 1. The lowest BCUT2D eigenvalue weighted by Gasteiger charge is -2.07. The lowest BCUT2D eigenvalue weighted by Crippen LogP contribution is -2.26. The number of thiophene rings is 1. The quantitative estimate of drug-likeness (QED) is 0.451. The minimum Gasteiger partial charge on any atom is -0.355 e. The number of carbonyl (C=O) groups excluding carboxylic acids is 1. The monoisotopic (exact) mass is 421 g/mol. The fraction of sp³-hybridized carbons (Fsp3) is 0.182. The summed E-state index contributed by atoms with van der Waals surface area (Å²) in [6, 6.07) is 10.0. The summed E-state index contributed by atoms with van der Waals surface area (Å²) >= 11 is 1.50. The third kappa shape index (κ3) is 4.13. The van der Waals surface area contributed by atoms with Crippen molar-refractivity contribution in [2.75, 3.05) is 18.4 Å². The molecule has 0 aliphatic rings. The molecule has 152 valence electrons. The van der Waals surface area contributed by atoms with E-state index in [4.69, 9.17) is 0 Å². The zero-order valence-electron chi connectivity index (χ0n) is 16.6. The summed E-state index contributed by atoms with van der Waals surface area (Å²) < 4.78 is 15.6. The summed E-state index contributed by atoms with van der Waals surface area (Å²) in [5, 5.41) is 6.72. The number of benzene rings is 1. The fourth-order valence-electron chi connectivity index (χ4n) is 3.21. The maximum atomic E-state index is 14.6. The predicted molar refractivity (Wildman–Crippen MR) is 118 cm³/mol. The highest BCUT2D eigenvalue weighted by molar-refractivity contribution is 7.22. The number of anilines is 1. The molecule has 8 heteroatoms. The van der Waals surface area contributed by atoms with Gasteiger partial charge in [-0.3, -0.25) is 9.78 Å². The molecule has 0 spiro atoms. The van der Waals surface area contributed by atoms with Gasteiger partial charge in [-0.1, -0.05) is 18.2 Å². The molecule has 30 heavy (non-hydrogen) atoms. The number of hydrogen-bond donors (Lipinski definition) is 2. The van der Waals surface area contributed by atoms with Crippen LogP contribution >= 0.6 is 11.3 Å². The van der Waals surface area contributed by atoms with Crippen LogP contribution in [-0.2, 0) is 4.79 Å². The molecule has 0 saturated heterocycles. The molecule has 0 atom stereocenters. The standard InChI is InChI=1S/C22H20FN5OS/c1-13-11-24-7-6-16(13)17-5-3-4-15-10-19(30-21(15)17)20-18(23)12-27-22(28-20)26-9-8-25-14(2)29/h3-7,10-12H,8-9H2,1-2H3,(H,25,29)(H,26,27,28). The van der Waals surface area contributed by atoms with Crippen LogP contribution in [0.5, 0.6) is 0 Å². The van der Waals surface area contributed by atoms with Crippen molar-refractivity contribution in [3.63, 3.8) is 0 Å². The Hall–Kier alpha value is -3.39. The molecule has 3 aromatic heterocycles. The van der Waals surface area contributed by atoms with E-state index in [1.54, 1.807) is 6.20 Å². The van der Waals surface area contributed by atoms with Gasteiger partial charge < -0.3 is 10.6 Å². The van der Waals surface area contributed by atoms with E-state index in [1.165, 1.54) is 24.5 Å².